The van der Waals surface area contributed by atoms with Crippen molar-refractivity contribution in [2.45, 2.75) is 58.8 Å². The molecule has 0 unspecified atom stereocenters. The smallest absolute Gasteiger partial charge is 0.236 e. The van der Waals surface area contributed by atoms with Gasteiger partial charge in [0.05, 0.1) is 6.61 Å². The molecule has 0 aromatic carbocycles. The second-order valence-electron chi connectivity index (χ2n) is 7.45. The molecule has 1 atom stereocenters. The lowest BCUT2D eigenvalue weighted by Gasteiger charge is -2.39. The van der Waals surface area contributed by atoms with Gasteiger partial charge in [0.15, 0.2) is 8.32 Å². The second-order valence-corrected chi connectivity index (χ2v) is 14.1. The van der Waals surface area contributed by atoms with Crippen LogP contribution in [0.15, 0.2) is 24.6 Å². The van der Waals surface area contributed by atoms with Gasteiger partial charge in [-0.3, -0.25) is 0 Å². The van der Waals surface area contributed by atoms with Gasteiger partial charge in [-0.05, 0) is 24.1 Å². The Morgan fingerprint density at radius 3 is 2.05 bits per heavy atom. The Morgan fingerprint density at radius 1 is 1.23 bits per heavy atom. The standard InChI is InChI=1S/C16H33NO3SSi/c1-10-12-17(21(18,19)11-2)15(14(3)4)13-20-22(8,9)16(5,6)7/h10-11,14-15H,1-2,12-13H2,3-9H3/t15-/m1/s1. The minimum atomic E-state index is -3.51. The third-order valence-electron chi connectivity index (χ3n) is 4.41. The van der Waals surface area contributed by atoms with Crippen molar-refractivity contribution in [1.29, 1.82) is 0 Å². The third-order valence-corrected chi connectivity index (χ3v) is 10.4. The van der Waals surface area contributed by atoms with Crippen molar-refractivity contribution >= 4 is 18.3 Å². The average Bonchev–Trinajstić information content (AvgIpc) is 2.35. The summed E-state index contributed by atoms with van der Waals surface area (Å²) in [5.41, 5.74) is 0. The van der Waals surface area contributed by atoms with E-state index in [4.69, 9.17) is 4.43 Å². The van der Waals surface area contributed by atoms with Crippen molar-refractivity contribution in [2.24, 2.45) is 5.92 Å². The maximum Gasteiger partial charge on any atom is 0.236 e. The lowest BCUT2D eigenvalue weighted by atomic mass is 10.1. The van der Waals surface area contributed by atoms with Crippen LogP contribution < -0.4 is 0 Å². The van der Waals surface area contributed by atoms with Crippen molar-refractivity contribution in [3.63, 3.8) is 0 Å². The summed E-state index contributed by atoms with van der Waals surface area (Å²) in [6, 6.07) is -0.227. The van der Waals surface area contributed by atoms with Crippen LogP contribution in [0.5, 0.6) is 0 Å². The quantitative estimate of drug-likeness (QED) is 0.468. The molecule has 0 saturated heterocycles. The zero-order valence-electron chi connectivity index (χ0n) is 15.2. The molecule has 0 aliphatic rings. The second kappa shape index (κ2) is 7.90. The van der Waals surface area contributed by atoms with Crippen LogP contribution in [0.3, 0.4) is 0 Å². The summed E-state index contributed by atoms with van der Waals surface area (Å²) >= 11 is 0. The molecule has 0 rings (SSSR count). The van der Waals surface area contributed by atoms with Gasteiger partial charge in [0.1, 0.15) is 0 Å². The Morgan fingerprint density at radius 2 is 1.73 bits per heavy atom. The highest BCUT2D eigenvalue weighted by atomic mass is 32.2. The Hall–Kier alpha value is -0.433. The van der Waals surface area contributed by atoms with Crippen LogP contribution in [0, 0.1) is 5.92 Å². The van der Waals surface area contributed by atoms with E-state index in [2.05, 4.69) is 47.0 Å². The molecule has 0 N–H and O–H groups in total. The van der Waals surface area contributed by atoms with Gasteiger partial charge in [-0.15, -0.1) is 6.58 Å². The van der Waals surface area contributed by atoms with E-state index in [1.807, 2.05) is 13.8 Å². The fourth-order valence-electron chi connectivity index (χ4n) is 1.77. The molecule has 0 spiro atoms. The third kappa shape index (κ3) is 5.65. The van der Waals surface area contributed by atoms with Crippen LogP contribution in [0.1, 0.15) is 34.6 Å². The summed E-state index contributed by atoms with van der Waals surface area (Å²) in [6.07, 6.45) is 1.60. The molecule has 4 nitrogen and oxygen atoms in total. The average molecular weight is 348 g/mol. The normalized spacial score (nSPS) is 15.1. The lowest BCUT2D eigenvalue weighted by Crippen LogP contribution is -2.49. The van der Waals surface area contributed by atoms with Crippen LogP contribution in [0.4, 0.5) is 0 Å². The number of nitrogens with zero attached hydrogens (tertiary/aromatic N) is 1. The first-order chi connectivity index (χ1) is 9.80. The molecule has 0 saturated carbocycles. The SMILES string of the molecule is C=CCN([C@H](CO[Si](C)(C)C(C)(C)C)C(C)C)S(=O)(=O)C=C. The Labute approximate surface area is 138 Å². The molecule has 0 heterocycles. The maximum atomic E-state index is 12.3. The van der Waals surface area contributed by atoms with Crippen molar-refractivity contribution in [1.82, 2.24) is 4.31 Å². The molecular formula is C16H33NO3SSi. The topological polar surface area (TPSA) is 46.6 Å². The summed E-state index contributed by atoms with van der Waals surface area (Å²) in [4.78, 5) is 0. The lowest BCUT2D eigenvalue weighted by molar-refractivity contribution is 0.164. The number of hydrogen-bond acceptors (Lipinski definition) is 3. The monoisotopic (exact) mass is 347 g/mol. The highest BCUT2D eigenvalue weighted by Gasteiger charge is 2.39. The largest absolute Gasteiger partial charge is 0.415 e. The number of rotatable bonds is 9. The molecule has 0 fully saturated rings. The molecule has 0 bridgehead atoms. The van der Waals surface area contributed by atoms with E-state index in [0.29, 0.717) is 6.61 Å². The summed E-state index contributed by atoms with van der Waals surface area (Å²) < 4.78 is 32.2. The predicted octanol–water partition coefficient (Wildman–Crippen LogP) is 3.99. The zero-order valence-corrected chi connectivity index (χ0v) is 17.0. The number of hydrogen-bond donors (Lipinski definition) is 0. The molecule has 0 aliphatic heterocycles. The van der Waals surface area contributed by atoms with Gasteiger partial charge >= 0.3 is 0 Å². The minimum Gasteiger partial charge on any atom is -0.415 e. The summed E-state index contributed by atoms with van der Waals surface area (Å²) in [6.45, 7) is 22.6. The maximum absolute atomic E-state index is 12.3. The van der Waals surface area contributed by atoms with E-state index >= 15 is 0 Å². The van der Waals surface area contributed by atoms with Crippen LogP contribution in [-0.4, -0.2) is 40.2 Å². The van der Waals surface area contributed by atoms with Crippen molar-refractivity contribution < 1.29 is 12.8 Å². The van der Waals surface area contributed by atoms with E-state index in [0.717, 1.165) is 5.41 Å². The van der Waals surface area contributed by atoms with Crippen LogP contribution >= 0.6 is 0 Å². The van der Waals surface area contributed by atoms with E-state index in [1.54, 1.807) is 6.08 Å². The van der Waals surface area contributed by atoms with E-state index in [1.165, 1.54) is 4.31 Å². The Kier molecular flexibility index (Phi) is 7.75. The van der Waals surface area contributed by atoms with Gasteiger partial charge in [-0.25, -0.2) is 8.42 Å². The fourth-order valence-corrected chi connectivity index (χ4v) is 3.98. The van der Waals surface area contributed by atoms with Crippen molar-refractivity contribution in [2.75, 3.05) is 13.2 Å². The van der Waals surface area contributed by atoms with Gasteiger partial charge in [0.2, 0.25) is 10.0 Å². The number of sulfonamides is 1. The highest BCUT2D eigenvalue weighted by Crippen LogP contribution is 2.37. The minimum absolute atomic E-state index is 0.0924. The molecule has 0 amide bonds. The summed E-state index contributed by atoms with van der Waals surface area (Å²) in [7, 11) is -5.43. The van der Waals surface area contributed by atoms with E-state index in [-0.39, 0.29) is 23.5 Å². The molecule has 6 heteroatoms. The Balaban J connectivity index is 5.38. The Bertz CT molecular complexity index is 478. The van der Waals surface area contributed by atoms with Gasteiger partial charge in [0.25, 0.3) is 0 Å². The van der Waals surface area contributed by atoms with Gasteiger partial charge < -0.3 is 4.43 Å². The van der Waals surface area contributed by atoms with Gasteiger partial charge in [-0.1, -0.05) is 47.3 Å². The molecular weight excluding hydrogens is 314 g/mol. The molecule has 0 aliphatic carbocycles. The molecule has 0 radical (unpaired) electrons. The van der Waals surface area contributed by atoms with Gasteiger partial charge in [0, 0.05) is 18.0 Å². The molecule has 130 valence electrons. The van der Waals surface area contributed by atoms with Gasteiger partial charge in [-0.2, -0.15) is 4.31 Å². The first-order valence-corrected chi connectivity index (χ1v) is 12.1. The van der Waals surface area contributed by atoms with Crippen LogP contribution in [-0.2, 0) is 14.4 Å². The molecule has 0 aromatic heterocycles. The zero-order chi connectivity index (χ0) is 17.8. The molecule has 22 heavy (non-hydrogen) atoms. The van der Waals surface area contributed by atoms with Crippen molar-refractivity contribution in [3.05, 3.63) is 24.6 Å². The highest BCUT2D eigenvalue weighted by molar-refractivity contribution is 7.92. The molecule has 0 aromatic rings. The van der Waals surface area contributed by atoms with E-state index < -0.39 is 18.3 Å². The van der Waals surface area contributed by atoms with Crippen LogP contribution in [0.2, 0.25) is 18.1 Å². The van der Waals surface area contributed by atoms with Crippen LogP contribution in [0.25, 0.3) is 0 Å². The fraction of sp³-hybridized carbons (Fsp3) is 0.750. The first-order valence-electron chi connectivity index (χ1n) is 7.69. The van der Waals surface area contributed by atoms with Crippen molar-refractivity contribution in [3.8, 4) is 0 Å². The summed E-state index contributed by atoms with van der Waals surface area (Å²) in [5.74, 6) is 0.138. The first kappa shape index (κ1) is 21.6. The predicted molar refractivity (Wildman–Crippen MR) is 97.8 cm³/mol. The summed E-state index contributed by atoms with van der Waals surface area (Å²) in [5, 5.41) is 1.09. The van der Waals surface area contributed by atoms with E-state index in [9.17, 15) is 8.42 Å².